The first-order valence-corrected chi connectivity index (χ1v) is 11.2. The number of hydrogen-bond donors (Lipinski definition) is 1. The lowest BCUT2D eigenvalue weighted by Crippen LogP contribution is -2.09. The van der Waals surface area contributed by atoms with Crippen LogP contribution in [0.25, 0.3) is 5.57 Å². The summed E-state index contributed by atoms with van der Waals surface area (Å²) in [6.45, 7) is -0.431. The van der Waals surface area contributed by atoms with Crippen LogP contribution >= 0.6 is 27.7 Å². The molecular weight excluding hydrogens is 505 g/mol. The third-order valence-electron chi connectivity index (χ3n) is 4.38. The first-order valence-electron chi connectivity index (χ1n) is 9.44. The second-order valence-electron chi connectivity index (χ2n) is 6.65. The highest BCUT2D eigenvalue weighted by Gasteiger charge is 2.30. The van der Waals surface area contributed by atoms with Gasteiger partial charge in [-0.1, -0.05) is 48.5 Å². The van der Waals surface area contributed by atoms with Crippen LogP contribution in [0.4, 0.5) is 13.2 Å². The van der Waals surface area contributed by atoms with Gasteiger partial charge in [-0.15, -0.1) is 11.8 Å². The predicted molar refractivity (Wildman–Crippen MR) is 123 cm³/mol. The molecule has 0 spiro atoms. The van der Waals surface area contributed by atoms with Crippen molar-refractivity contribution in [3.63, 3.8) is 0 Å². The van der Waals surface area contributed by atoms with Gasteiger partial charge in [0.1, 0.15) is 5.75 Å². The van der Waals surface area contributed by atoms with Crippen LogP contribution in [0.15, 0.2) is 88.2 Å². The Bertz CT molecular complexity index is 1110. The van der Waals surface area contributed by atoms with Gasteiger partial charge in [-0.05, 0) is 63.0 Å². The highest BCUT2D eigenvalue weighted by molar-refractivity contribution is 9.10. The maximum Gasteiger partial charge on any atom is 0.416 e. The molecule has 0 amide bonds. The maximum absolute atomic E-state index is 13.2. The van der Waals surface area contributed by atoms with Crippen molar-refractivity contribution >= 4 is 39.2 Å². The summed E-state index contributed by atoms with van der Waals surface area (Å²) in [6.07, 6.45) is -2.52. The molecule has 0 fully saturated rings. The third kappa shape index (κ3) is 6.64. The van der Waals surface area contributed by atoms with E-state index in [2.05, 4.69) is 15.9 Å². The minimum absolute atomic E-state index is 0.424. The van der Waals surface area contributed by atoms with Crippen molar-refractivity contribution in [3.05, 3.63) is 100 Å². The first kappa shape index (κ1) is 23.9. The van der Waals surface area contributed by atoms with E-state index in [1.165, 1.54) is 17.8 Å². The van der Waals surface area contributed by atoms with Crippen molar-refractivity contribution in [1.82, 2.24) is 0 Å². The lowest BCUT2D eigenvalue weighted by Gasteiger charge is -2.13. The second-order valence-corrected chi connectivity index (χ2v) is 8.56. The molecule has 0 saturated carbocycles. The van der Waals surface area contributed by atoms with E-state index >= 15 is 0 Å². The van der Waals surface area contributed by atoms with Gasteiger partial charge in [0.25, 0.3) is 0 Å². The molecule has 3 aromatic rings. The molecular formula is C24H18BrF3O3S. The maximum atomic E-state index is 13.2. The van der Waals surface area contributed by atoms with Gasteiger partial charge in [-0.3, -0.25) is 0 Å². The summed E-state index contributed by atoms with van der Waals surface area (Å²) in [5.41, 5.74) is 1.33. The minimum Gasteiger partial charge on any atom is -0.482 e. The molecule has 1 N–H and O–H groups in total. The van der Waals surface area contributed by atoms with E-state index in [4.69, 9.17) is 9.84 Å². The number of ether oxygens (including phenoxy) is 1. The molecule has 0 aromatic heterocycles. The Balaban J connectivity index is 1.83. The zero-order valence-electron chi connectivity index (χ0n) is 16.6. The number of benzene rings is 3. The van der Waals surface area contributed by atoms with Gasteiger partial charge in [0.05, 0.1) is 5.56 Å². The van der Waals surface area contributed by atoms with E-state index in [9.17, 15) is 18.0 Å². The van der Waals surface area contributed by atoms with E-state index in [1.807, 2.05) is 36.4 Å². The zero-order valence-corrected chi connectivity index (χ0v) is 19.0. The Morgan fingerprint density at radius 1 is 1.00 bits per heavy atom. The molecule has 0 aliphatic carbocycles. The molecule has 166 valence electrons. The Morgan fingerprint density at radius 3 is 2.38 bits per heavy atom. The lowest BCUT2D eigenvalue weighted by molar-refractivity contribution is -0.139. The molecule has 0 saturated heterocycles. The predicted octanol–water partition coefficient (Wildman–Crippen LogP) is 7.16. The largest absolute Gasteiger partial charge is 0.482 e. The summed E-state index contributed by atoms with van der Waals surface area (Å²) < 4.78 is 45.5. The number of carboxylic acids is 1. The van der Waals surface area contributed by atoms with Crippen LogP contribution < -0.4 is 4.74 Å². The number of alkyl halides is 3. The molecule has 0 atom stereocenters. The Morgan fingerprint density at radius 2 is 1.72 bits per heavy atom. The summed E-state index contributed by atoms with van der Waals surface area (Å²) in [5.74, 6) is -0.130. The van der Waals surface area contributed by atoms with Gasteiger partial charge >= 0.3 is 12.1 Å². The lowest BCUT2D eigenvalue weighted by atomic mass is 9.96. The van der Waals surface area contributed by atoms with E-state index in [0.717, 1.165) is 27.1 Å². The zero-order chi connectivity index (χ0) is 23.1. The number of rotatable bonds is 8. The fraction of sp³-hybridized carbons (Fsp3) is 0.125. The number of halogens is 4. The smallest absolute Gasteiger partial charge is 0.416 e. The Kier molecular flexibility index (Phi) is 8.04. The average Bonchev–Trinajstić information content (AvgIpc) is 2.76. The van der Waals surface area contributed by atoms with E-state index in [-0.39, 0.29) is 0 Å². The van der Waals surface area contributed by atoms with Crippen LogP contribution in [0.2, 0.25) is 0 Å². The van der Waals surface area contributed by atoms with Crippen LogP contribution in [0.5, 0.6) is 5.75 Å². The SMILES string of the molecule is O=C(O)COc1ccc(SC/C=C(/c2ccccc2)c2cccc(C(F)(F)F)c2)c(Br)c1. The molecule has 3 rings (SSSR count). The van der Waals surface area contributed by atoms with Crippen molar-refractivity contribution in [2.45, 2.75) is 11.1 Å². The topological polar surface area (TPSA) is 46.5 Å². The molecule has 3 nitrogen and oxygen atoms in total. The second kappa shape index (κ2) is 10.7. The van der Waals surface area contributed by atoms with E-state index in [0.29, 0.717) is 22.6 Å². The van der Waals surface area contributed by atoms with Gasteiger partial charge in [0, 0.05) is 15.1 Å². The van der Waals surface area contributed by atoms with Crippen molar-refractivity contribution in [1.29, 1.82) is 0 Å². The number of hydrogen-bond acceptors (Lipinski definition) is 3. The van der Waals surface area contributed by atoms with Crippen molar-refractivity contribution in [2.24, 2.45) is 0 Å². The van der Waals surface area contributed by atoms with Crippen molar-refractivity contribution < 1.29 is 27.8 Å². The molecule has 8 heteroatoms. The van der Waals surface area contributed by atoms with Crippen LogP contribution in [0.1, 0.15) is 16.7 Å². The molecule has 32 heavy (non-hydrogen) atoms. The molecule has 0 aliphatic rings. The fourth-order valence-corrected chi connectivity index (χ4v) is 4.42. The third-order valence-corrected chi connectivity index (χ3v) is 6.30. The van der Waals surface area contributed by atoms with Gasteiger partial charge in [-0.25, -0.2) is 4.79 Å². The number of aliphatic carboxylic acids is 1. The standard InChI is InChI=1S/C24H18BrF3O3S/c25-21-14-19(31-15-23(29)30)9-10-22(21)32-12-11-20(16-5-2-1-3-6-16)17-7-4-8-18(13-17)24(26,27)28/h1-11,13-14H,12,15H2,(H,29,30)/b20-11-. The van der Waals surface area contributed by atoms with Gasteiger partial charge < -0.3 is 9.84 Å². The van der Waals surface area contributed by atoms with Gasteiger partial charge in [0.15, 0.2) is 6.61 Å². The first-order chi connectivity index (χ1) is 15.2. The Hall–Kier alpha value is -2.71. The molecule has 0 radical (unpaired) electrons. The highest BCUT2D eigenvalue weighted by atomic mass is 79.9. The fourth-order valence-electron chi connectivity index (χ4n) is 2.93. The molecule has 0 aliphatic heterocycles. The molecule has 0 bridgehead atoms. The van der Waals surface area contributed by atoms with Crippen LogP contribution in [-0.2, 0) is 11.0 Å². The average molecular weight is 523 g/mol. The van der Waals surface area contributed by atoms with E-state index < -0.39 is 24.3 Å². The summed E-state index contributed by atoms with van der Waals surface area (Å²) in [6, 6.07) is 19.7. The summed E-state index contributed by atoms with van der Waals surface area (Å²) in [7, 11) is 0. The number of thioether (sulfide) groups is 1. The monoisotopic (exact) mass is 522 g/mol. The van der Waals surface area contributed by atoms with Crippen LogP contribution in [-0.4, -0.2) is 23.4 Å². The van der Waals surface area contributed by atoms with Crippen molar-refractivity contribution in [2.75, 3.05) is 12.4 Å². The summed E-state index contributed by atoms with van der Waals surface area (Å²) >= 11 is 4.94. The number of carboxylic acid groups (broad SMARTS) is 1. The number of carbonyl (C=O) groups is 1. The molecule has 3 aromatic carbocycles. The van der Waals surface area contributed by atoms with Gasteiger partial charge in [0.2, 0.25) is 0 Å². The summed E-state index contributed by atoms with van der Waals surface area (Å²) in [4.78, 5) is 11.5. The van der Waals surface area contributed by atoms with Crippen molar-refractivity contribution in [3.8, 4) is 5.75 Å². The normalized spacial score (nSPS) is 11.9. The minimum atomic E-state index is -4.41. The molecule has 0 heterocycles. The van der Waals surface area contributed by atoms with E-state index in [1.54, 1.807) is 24.3 Å². The van der Waals surface area contributed by atoms with Crippen LogP contribution in [0.3, 0.4) is 0 Å². The van der Waals surface area contributed by atoms with Gasteiger partial charge in [-0.2, -0.15) is 13.2 Å². The summed E-state index contributed by atoms with van der Waals surface area (Å²) in [5, 5.41) is 8.71. The Labute approximate surface area is 196 Å². The van der Waals surface area contributed by atoms with Crippen LogP contribution in [0, 0.1) is 0 Å². The molecule has 0 unspecified atom stereocenters. The highest BCUT2D eigenvalue weighted by Crippen LogP contribution is 2.34. The quantitative estimate of drug-likeness (QED) is 0.319.